The molecule has 1 radical (unpaired) electrons. The standard InChI is InChI=1S/C9H11N2/c1-11(2)10-8-9-6-4-3-5-7-9/h3-6,8H,1-2H3. The van der Waals surface area contributed by atoms with Crippen molar-refractivity contribution in [1.29, 1.82) is 0 Å². The van der Waals surface area contributed by atoms with Gasteiger partial charge < -0.3 is 5.01 Å². The van der Waals surface area contributed by atoms with E-state index in [9.17, 15) is 0 Å². The molecule has 57 valence electrons. The van der Waals surface area contributed by atoms with Crippen LogP contribution in [0.3, 0.4) is 0 Å². The van der Waals surface area contributed by atoms with Crippen molar-refractivity contribution < 1.29 is 0 Å². The maximum atomic E-state index is 4.07. The third-order valence-corrected chi connectivity index (χ3v) is 1.16. The van der Waals surface area contributed by atoms with Crippen LogP contribution in [0.5, 0.6) is 0 Å². The summed E-state index contributed by atoms with van der Waals surface area (Å²) in [4.78, 5) is 0. The van der Waals surface area contributed by atoms with Crippen molar-refractivity contribution in [1.82, 2.24) is 5.01 Å². The fraction of sp³-hybridized carbons (Fsp3) is 0.222. The Morgan fingerprint density at radius 1 is 1.45 bits per heavy atom. The lowest BCUT2D eigenvalue weighted by molar-refractivity contribution is 0.440. The van der Waals surface area contributed by atoms with Crippen LogP contribution in [0.2, 0.25) is 0 Å². The average Bonchev–Trinajstić information content (AvgIpc) is 2.03. The molecule has 0 N–H and O–H groups in total. The van der Waals surface area contributed by atoms with E-state index in [0.29, 0.717) is 0 Å². The van der Waals surface area contributed by atoms with Crippen LogP contribution >= 0.6 is 0 Å². The first-order valence-electron chi connectivity index (χ1n) is 3.47. The summed E-state index contributed by atoms with van der Waals surface area (Å²) >= 11 is 0. The van der Waals surface area contributed by atoms with E-state index in [1.54, 1.807) is 11.2 Å². The summed E-state index contributed by atoms with van der Waals surface area (Å²) in [6.07, 6.45) is 1.78. The first kappa shape index (κ1) is 7.79. The van der Waals surface area contributed by atoms with Gasteiger partial charge in [-0.15, -0.1) is 0 Å². The van der Waals surface area contributed by atoms with E-state index in [4.69, 9.17) is 0 Å². The highest BCUT2D eigenvalue weighted by Crippen LogP contribution is 1.92. The van der Waals surface area contributed by atoms with Crippen LogP contribution in [0.4, 0.5) is 0 Å². The minimum absolute atomic E-state index is 1.00. The van der Waals surface area contributed by atoms with E-state index < -0.39 is 0 Å². The summed E-state index contributed by atoms with van der Waals surface area (Å²) in [7, 11) is 3.78. The highest BCUT2D eigenvalue weighted by molar-refractivity contribution is 5.78. The lowest BCUT2D eigenvalue weighted by Crippen LogP contribution is -2.01. The second-order valence-electron chi connectivity index (χ2n) is 2.41. The molecule has 0 aromatic heterocycles. The summed E-state index contributed by atoms with van der Waals surface area (Å²) < 4.78 is 0. The molecule has 0 saturated carbocycles. The number of benzene rings is 1. The molecule has 2 heteroatoms. The largest absolute Gasteiger partial charge is 0.303 e. The van der Waals surface area contributed by atoms with Gasteiger partial charge in [-0.1, -0.05) is 24.3 Å². The molecule has 0 unspecified atom stereocenters. The van der Waals surface area contributed by atoms with Gasteiger partial charge in [-0.25, -0.2) is 0 Å². The van der Waals surface area contributed by atoms with Crippen LogP contribution in [0.1, 0.15) is 5.56 Å². The van der Waals surface area contributed by atoms with Gasteiger partial charge in [0.05, 0.1) is 6.21 Å². The number of rotatable bonds is 2. The van der Waals surface area contributed by atoms with Gasteiger partial charge in [-0.3, -0.25) is 0 Å². The molecule has 0 aliphatic heterocycles. The number of hydrogen-bond donors (Lipinski definition) is 0. The van der Waals surface area contributed by atoms with Crippen LogP contribution in [0, 0.1) is 6.07 Å². The van der Waals surface area contributed by atoms with Crippen LogP contribution in [-0.2, 0) is 0 Å². The molecule has 0 heterocycles. The van der Waals surface area contributed by atoms with Crippen LogP contribution in [-0.4, -0.2) is 25.3 Å². The molecule has 0 atom stereocenters. The molecule has 0 aliphatic carbocycles. The zero-order valence-corrected chi connectivity index (χ0v) is 6.78. The second-order valence-corrected chi connectivity index (χ2v) is 2.41. The summed E-state index contributed by atoms with van der Waals surface area (Å²) in [5, 5.41) is 5.82. The normalized spacial score (nSPS) is 10.4. The van der Waals surface area contributed by atoms with Crippen molar-refractivity contribution >= 4 is 6.21 Å². The van der Waals surface area contributed by atoms with Crippen molar-refractivity contribution in [2.45, 2.75) is 0 Å². The lowest BCUT2D eigenvalue weighted by Gasteiger charge is -2.01. The van der Waals surface area contributed by atoms with Gasteiger partial charge in [-0.2, -0.15) is 5.10 Å². The van der Waals surface area contributed by atoms with Crippen molar-refractivity contribution in [3.8, 4) is 0 Å². The molecule has 0 bridgehead atoms. The number of hydrogen-bond acceptors (Lipinski definition) is 2. The first-order valence-corrected chi connectivity index (χ1v) is 3.47. The fourth-order valence-electron chi connectivity index (χ4n) is 0.665. The molecular weight excluding hydrogens is 136 g/mol. The topological polar surface area (TPSA) is 15.6 Å². The van der Waals surface area contributed by atoms with Gasteiger partial charge in [0.25, 0.3) is 0 Å². The van der Waals surface area contributed by atoms with Crippen molar-refractivity contribution in [3.63, 3.8) is 0 Å². The van der Waals surface area contributed by atoms with Crippen molar-refractivity contribution in [3.05, 3.63) is 35.9 Å². The maximum absolute atomic E-state index is 4.07. The predicted molar refractivity (Wildman–Crippen MR) is 46.6 cm³/mol. The number of hydrazone groups is 1. The summed E-state index contributed by atoms with van der Waals surface area (Å²) in [6, 6.07) is 10.8. The molecular formula is C9H11N2. The Labute approximate surface area is 67.2 Å². The Kier molecular flexibility index (Phi) is 2.66. The van der Waals surface area contributed by atoms with Gasteiger partial charge >= 0.3 is 0 Å². The SMILES string of the molecule is CN(C)N=Cc1[c]cccc1. The highest BCUT2D eigenvalue weighted by atomic mass is 15.4. The zero-order valence-electron chi connectivity index (χ0n) is 6.78. The highest BCUT2D eigenvalue weighted by Gasteiger charge is 1.83. The van der Waals surface area contributed by atoms with Crippen molar-refractivity contribution in [2.75, 3.05) is 14.1 Å². The molecule has 0 spiro atoms. The van der Waals surface area contributed by atoms with Crippen molar-refractivity contribution in [2.24, 2.45) is 5.10 Å². The second kappa shape index (κ2) is 3.76. The third kappa shape index (κ3) is 2.85. The van der Waals surface area contributed by atoms with E-state index in [2.05, 4.69) is 11.2 Å². The molecule has 2 nitrogen and oxygen atoms in total. The molecule has 1 rings (SSSR count). The molecule has 1 aromatic carbocycles. The van der Waals surface area contributed by atoms with Gasteiger partial charge in [0.1, 0.15) is 0 Å². The van der Waals surface area contributed by atoms with Crippen LogP contribution in [0.15, 0.2) is 29.4 Å². The molecule has 0 amide bonds. The monoisotopic (exact) mass is 147 g/mol. The predicted octanol–water partition coefficient (Wildman–Crippen LogP) is 1.38. The van der Waals surface area contributed by atoms with Gasteiger partial charge in [0, 0.05) is 19.7 Å². The van der Waals surface area contributed by atoms with Crippen LogP contribution in [0.25, 0.3) is 0 Å². The fourth-order valence-corrected chi connectivity index (χ4v) is 0.665. The first-order chi connectivity index (χ1) is 5.29. The van der Waals surface area contributed by atoms with E-state index in [1.807, 2.05) is 38.4 Å². The Hall–Kier alpha value is -1.31. The summed E-state index contributed by atoms with van der Waals surface area (Å²) in [5.41, 5.74) is 1.00. The quantitative estimate of drug-likeness (QED) is 0.456. The molecule has 0 aliphatic rings. The zero-order chi connectivity index (χ0) is 8.10. The van der Waals surface area contributed by atoms with Gasteiger partial charge in [0.15, 0.2) is 0 Å². The molecule has 1 aromatic rings. The molecule has 0 fully saturated rings. The average molecular weight is 147 g/mol. The summed E-state index contributed by atoms with van der Waals surface area (Å²) in [6.45, 7) is 0. The minimum atomic E-state index is 1.00. The van der Waals surface area contributed by atoms with E-state index in [0.717, 1.165) is 5.56 Å². The van der Waals surface area contributed by atoms with Crippen LogP contribution < -0.4 is 0 Å². The lowest BCUT2D eigenvalue weighted by atomic mass is 10.2. The van der Waals surface area contributed by atoms with E-state index in [-0.39, 0.29) is 0 Å². The molecule has 0 saturated heterocycles. The van der Waals surface area contributed by atoms with E-state index >= 15 is 0 Å². The Bertz CT molecular complexity index is 227. The molecule has 11 heavy (non-hydrogen) atoms. The minimum Gasteiger partial charge on any atom is -0.303 e. The Balaban J connectivity index is 2.65. The summed E-state index contributed by atoms with van der Waals surface area (Å²) in [5.74, 6) is 0. The Morgan fingerprint density at radius 2 is 2.27 bits per heavy atom. The number of nitrogens with zero attached hydrogens (tertiary/aromatic N) is 2. The van der Waals surface area contributed by atoms with E-state index in [1.165, 1.54) is 0 Å². The Morgan fingerprint density at radius 3 is 2.82 bits per heavy atom. The van der Waals surface area contributed by atoms with Gasteiger partial charge in [-0.05, 0) is 6.07 Å². The maximum Gasteiger partial charge on any atom is 0.0548 e. The van der Waals surface area contributed by atoms with Gasteiger partial charge in [0.2, 0.25) is 0 Å². The smallest absolute Gasteiger partial charge is 0.0548 e. The third-order valence-electron chi connectivity index (χ3n) is 1.16.